The first-order chi connectivity index (χ1) is 23.9. The van der Waals surface area contributed by atoms with E-state index in [2.05, 4.69) is 30.6 Å². The number of anilines is 2. The summed E-state index contributed by atoms with van der Waals surface area (Å²) in [6.45, 7) is 2.99. The Labute approximate surface area is 281 Å². The van der Waals surface area contributed by atoms with Crippen LogP contribution in [0.4, 0.5) is 28.9 Å². The van der Waals surface area contributed by atoms with Crippen molar-refractivity contribution in [3.05, 3.63) is 82.4 Å². The van der Waals surface area contributed by atoms with Crippen molar-refractivity contribution in [2.24, 2.45) is 0 Å². The smallest absolute Gasteiger partial charge is 0.151 e. The van der Waals surface area contributed by atoms with Crippen LogP contribution in [0.2, 0.25) is 0 Å². The number of hydrogen-bond acceptors (Lipinski definition) is 6. The number of piperidine rings is 1. The van der Waals surface area contributed by atoms with Crippen molar-refractivity contribution in [2.45, 2.75) is 82.0 Å². The van der Waals surface area contributed by atoms with Gasteiger partial charge in [0.05, 0.1) is 46.2 Å². The molecule has 0 amide bonds. The molecule has 3 aromatic carbocycles. The zero-order valence-corrected chi connectivity index (χ0v) is 27.3. The third-order valence-electron chi connectivity index (χ3n) is 11.1. The summed E-state index contributed by atoms with van der Waals surface area (Å²) in [5, 5.41) is 6.86. The van der Waals surface area contributed by atoms with Gasteiger partial charge in [-0.1, -0.05) is 0 Å². The molecule has 256 valence electrons. The molecule has 5 aromatic rings. The van der Waals surface area contributed by atoms with E-state index in [-0.39, 0.29) is 23.5 Å². The molecule has 0 unspecified atom stereocenters. The highest BCUT2D eigenvalue weighted by Crippen LogP contribution is 2.50. The summed E-state index contributed by atoms with van der Waals surface area (Å²) in [5.41, 5.74) is 3.41. The standard InChI is InChI=1S/C37H40F4N8/c38-23-18-31-29(44-36(46-31)27-6-4-10-42-27)16-21(23)33-8-9-34(22-17-30-32(19-24(22)39)47-37(45-30)28-7-5-11-43-28)49(33)20-14-25(40)35(26(41)15-20)48-12-2-1-3-13-48/h14-19,27-28,33-34,42-43H,1-13H2,(H,44,46)(H,45,47)/t27-,28-,33-,34+/m0/s1. The molecular weight excluding hydrogens is 632 g/mol. The summed E-state index contributed by atoms with van der Waals surface area (Å²) in [6, 6.07) is 8.02. The van der Waals surface area contributed by atoms with Crippen LogP contribution in [0.25, 0.3) is 22.1 Å². The molecule has 4 fully saturated rings. The molecule has 0 bridgehead atoms. The highest BCUT2D eigenvalue weighted by molar-refractivity contribution is 5.78. The quantitative estimate of drug-likeness (QED) is 0.137. The molecular formula is C37H40F4N8. The lowest BCUT2D eigenvalue weighted by molar-refractivity contribution is 0.527. The monoisotopic (exact) mass is 672 g/mol. The van der Waals surface area contributed by atoms with Crippen molar-refractivity contribution in [1.29, 1.82) is 0 Å². The highest BCUT2D eigenvalue weighted by atomic mass is 19.1. The number of rotatable bonds is 6. The average molecular weight is 673 g/mol. The molecule has 0 spiro atoms. The number of aromatic nitrogens is 4. The number of H-pyrrole nitrogens is 2. The maximum atomic E-state index is 16.1. The summed E-state index contributed by atoms with van der Waals surface area (Å²) in [5.74, 6) is -0.709. The van der Waals surface area contributed by atoms with Gasteiger partial charge in [0.1, 0.15) is 29.0 Å². The minimum absolute atomic E-state index is 0.0352. The molecule has 0 radical (unpaired) electrons. The van der Waals surface area contributed by atoms with E-state index in [1.807, 2.05) is 4.90 Å². The number of nitrogens with zero attached hydrogens (tertiary/aromatic N) is 4. The van der Waals surface area contributed by atoms with Gasteiger partial charge in [-0.2, -0.15) is 0 Å². The molecule has 6 heterocycles. The summed E-state index contributed by atoms with van der Waals surface area (Å²) in [7, 11) is 0. The van der Waals surface area contributed by atoms with Gasteiger partial charge in [-0.05, 0) is 95.1 Å². The molecule has 9 rings (SSSR count). The number of aromatic amines is 2. The SMILES string of the molecule is Fc1cc2nc([C@@H]3CCCN3)[nH]c2cc1[C@H]1CC[C@@H](c2cc3[nH]c([C@@H]4CCCN4)nc3cc2F)N1c1cc(F)c(N2CCCCC2)c(F)c1. The Morgan fingerprint density at radius 2 is 1.08 bits per heavy atom. The second kappa shape index (κ2) is 12.3. The number of hydrogen-bond donors (Lipinski definition) is 4. The van der Waals surface area contributed by atoms with Gasteiger partial charge in [0.2, 0.25) is 0 Å². The number of benzene rings is 3. The molecule has 4 N–H and O–H groups in total. The van der Waals surface area contributed by atoms with Crippen molar-refractivity contribution in [3.8, 4) is 0 Å². The molecule has 49 heavy (non-hydrogen) atoms. The van der Waals surface area contributed by atoms with Crippen LogP contribution in [-0.2, 0) is 0 Å². The molecule has 0 aliphatic carbocycles. The van der Waals surface area contributed by atoms with E-state index in [9.17, 15) is 0 Å². The molecule has 4 aliphatic heterocycles. The van der Waals surface area contributed by atoms with E-state index in [4.69, 9.17) is 0 Å². The number of imidazole rings is 2. The van der Waals surface area contributed by atoms with Crippen molar-refractivity contribution in [2.75, 3.05) is 36.0 Å². The largest absolute Gasteiger partial charge is 0.367 e. The van der Waals surface area contributed by atoms with Crippen LogP contribution in [0.3, 0.4) is 0 Å². The van der Waals surface area contributed by atoms with E-state index >= 15 is 17.6 Å². The topological polar surface area (TPSA) is 87.9 Å². The third-order valence-corrected chi connectivity index (χ3v) is 11.1. The van der Waals surface area contributed by atoms with Crippen LogP contribution in [0, 0.1) is 23.3 Å². The van der Waals surface area contributed by atoms with Crippen LogP contribution in [0.1, 0.15) is 105 Å². The fourth-order valence-electron chi connectivity index (χ4n) is 8.71. The summed E-state index contributed by atoms with van der Waals surface area (Å²) < 4.78 is 64.3. The second-order valence-electron chi connectivity index (χ2n) is 14.1. The normalized spacial score (nSPS) is 24.7. The van der Waals surface area contributed by atoms with Crippen molar-refractivity contribution in [1.82, 2.24) is 30.6 Å². The molecule has 12 heteroatoms. The maximum absolute atomic E-state index is 16.1. The highest BCUT2D eigenvalue weighted by Gasteiger charge is 2.40. The molecule has 4 atom stereocenters. The number of nitrogens with one attached hydrogen (secondary N) is 4. The van der Waals surface area contributed by atoms with Gasteiger partial charge in [-0.15, -0.1) is 0 Å². The summed E-state index contributed by atoms with van der Waals surface area (Å²) >= 11 is 0. The van der Waals surface area contributed by atoms with Gasteiger partial charge in [-0.3, -0.25) is 0 Å². The summed E-state index contributed by atoms with van der Waals surface area (Å²) in [4.78, 5) is 19.7. The molecule has 2 aromatic heterocycles. The second-order valence-corrected chi connectivity index (χ2v) is 14.1. The Morgan fingerprint density at radius 1 is 0.571 bits per heavy atom. The van der Waals surface area contributed by atoms with Gasteiger partial charge in [-0.25, -0.2) is 27.5 Å². The van der Waals surface area contributed by atoms with E-state index in [1.54, 1.807) is 17.0 Å². The Kier molecular flexibility index (Phi) is 7.76. The number of fused-ring (bicyclic) bond motifs is 2. The van der Waals surface area contributed by atoms with Crippen LogP contribution >= 0.6 is 0 Å². The van der Waals surface area contributed by atoms with Gasteiger partial charge in [0, 0.05) is 42.0 Å². The first kappa shape index (κ1) is 30.9. The van der Waals surface area contributed by atoms with Crippen molar-refractivity contribution >= 4 is 33.4 Å². The minimum atomic E-state index is -0.669. The predicted octanol–water partition coefficient (Wildman–Crippen LogP) is 7.92. The Balaban J connectivity index is 1.14. The van der Waals surface area contributed by atoms with Crippen LogP contribution < -0.4 is 20.4 Å². The Bertz CT molecular complexity index is 1890. The lowest BCUT2D eigenvalue weighted by Crippen LogP contribution is -2.32. The van der Waals surface area contributed by atoms with E-state index in [0.29, 0.717) is 59.1 Å². The van der Waals surface area contributed by atoms with E-state index in [0.717, 1.165) is 69.7 Å². The fraction of sp³-hybridized carbons (Fsp3) is 0.459. The number of halogens is 4. The average Bonchev–Trinajstić information content (AvgIpc) is 3.93. The fourth-order valence-corrected chi connectivity index (χ4v) is 8.71. The molecule has 8 nitrogen and oxygen atoms in total. The summed E-state index contributed by atoms with van der Waals surface area (Å²) in [6.07, 6.45) is 7.67. The van der Waals surface area contributed by atoms with E-state index < -0.39 is 35.4 Å². The first-order valence-electron chi connectivity index (χ1n) is 17.8. The first-order valence-corrected chi connectivity index (χ1v) is 17.8. The van der Waals surface area contributed by atoms with Crippen LogP contribution in [-0.4, -0.2) is 46.1 Å². The Morgan fingerprint density at radius 3 is 1.55 bits per heavy atom. The van der Waals surface area contributed by atoms with Gasteiger partial charge in [0.15, 0.2) is 11.6 Å². The lowest BCUT2D eigenvalue weighted by atomic mass is 10.0. The zero-order valence-electron chi connectivity index (χ0n) is 27.3. The van der Waals surface area contributed by atoms with E-state index in [1.165, 1.54) is 24.3 Å². The van der Waals surface area contributed by atoms with Gasteiger partial charge >= 0.3 is 0 Å². The van der Waals surface area contributed by atoms with Gasteiger partial charge in [0.25, 0.3) is 0 Å². The van der Waals surface area contributed by atoms with Gasteiger partial charge < -0.3 is 30.4 Å². The van der Waals surface area contributed by atoms with Crippen LogP contribution in [0.5, 0.6) is 0 Å². The van der Waals surface area contributed by atoms with Crippen LogP contribution in [0.15, 0.2) is 36.4 Å². The zero-order chi connectivity index (χ0) is 33.2. The Hall–Kier alpha value is -4.16. The third kappa shape index (κ3) is 5.43. The van der Waals surface area contributed by atoms with Crippen molar-refractivity contribution in [3.63, 3.8) is 0 Å². The molecule has 4 aliphatic rings. The molecule has 4 saturated heterocycles. The maximum Gasteiger partial charge on any atom is 0.151 e. The lowest BCUT2D eigenvalue weighted by Gasteiger charge is -2.35. The predicted molar refractivity (Wildman–Crippen MR) is 182 cm³/mol. The molecule has 0 saturated carbocycles. The van der Waals surface area contributed by atoms with Crippen molar-refractivity contribution < 1.29 is 17.6 Å². The minimum Gasteiger partial charge on any atom is -0.367 e.